The van der Waals surface area contributed by atoms with Crippen molar-refractivity contribution in [2.75, 3.05) is 12.5 Å². The zero-order valence-corrected chi connectivity index (χ0v) is 11.6. The number of methoxy groups -OCH3 is 1. The lowest BCUT2D eigenvalue weighted by Gasteiger charge is -2.01. The van der Waals surface area contributed by atoms with E-state index in [9.17, 15) is 0 Å². The van der Waals surface area contributed by atoms with Crippen LogP contribution in [0.3, 0.4) is 0 Å². The van der Waals surface area contributed by atoms with Gasteiger partial charge in [0.15, 0.2) is 0 Å². The minimum Gasteiger partial charge on any atom is -0.497 e. The van der Waals surface area contributed by atoms with Crippen LogP contribution < -0.4 is 10.2 Å². The monoisotopic (exact) mass is 310 g/mol. The molecule has 0 spiro atoms. The van der Waals surface area contributed by atoms with Gasteiger partial charge in [0, 0.05) is 4.47 Å². The Hall–Kier alpha value is -1.33. The molecule has 0 fully saturated rings. The van der Waals surface area contributed by atoms with Crippen LogP contribution in [0.1, 0.15) is 4.88 Å². The summed E-state index contributed by atoms with van der Waals surface area (Å²) in [5.41, 5.74) is 3.89. The molecule has 0 saturated carbocycles. The Labute approximate surface area is 112 Å². The van der Waals surface area contributed by atoms with Gasteiger partial charge in [-0.05, 0) is 51.6 Å². The normalized spacial score (nSPS) is 10.7. The largest absolute Gasteiger partial charge is 0.497 e. The predicted octanol–water partition coefficient (Wildman–Crippen LogP) is 3.97. The van der Waals surface area contributed by atoms with Crippen molar-refractivity contribution >= 4 is 39.2 Å². The van der Waals surface area contributed by atoms with Gasteiger partial charge in [0.05, 0.1) is 23.9 Å². The number of anilines is 1. The van der Waals surface area contributed by atoms with Gasteiger partial charge in [-0.2, -0.15) is 5.10 Å². The summed E-state index contributed by atoms with van der Waals surface area (Å²) in [4.78, 5) is 1.09. The van der Waals surface area contributed by atoms with Crippen molar-refractivity contribution in [2.45, 2.75) is 0 Å². The Bertz CT molecular complexity index is 507. The van der Waals surface area contributed by atoms with Gasteiger partial charge in [-0.25, -0.2) is 0 Å². The number of benzene rings is 1. The highest BCUT2D eigenvalue weighted by Gasteiger charge is 1.96. The van der Waals surface area contributed by atoms with E-state index >= 15 is 0 Å². The molecule has 0 bridgehead atoms. The molecule has 2 rings (SSSR count). The summed E-state index contributed by atoms with van der Waals surface area (Å²) in [5, 5.41) is 6.18. The summed E-state index contributed by atoms with van der Waals surface area (Å²) in [7, 11) is 1.65. The van der Waals surface area contributed by atoms with Crippen LogP contribution in [0.4, 0.5) is 5.69 Å². The zero-order chi connectivity index (χ0) is 12.1. The first kappa shape index (κ1) is 12.1. The molecule has 2 aromatic rings. The van der Waals surface area contributed by atoms with Crippen molar-refractivity contribution in [3.8, 4) is 5.75 Å². The molecule has 17 heavy (non-hydrogen) atoms. The Morgan fingerprint density at radius 1 is 1.29 bits per heavy atom. The average molecular weight is 311 g/mol. The number of nitrogens with zero attached hydrogens (tertiary/aromatic N) is 1. The molecule has 0 atom stereocenters. The summed E-state index contributed by atoms with van der Waals surface area (Å²) in [6.07, 6.45) is 1.79. The van der Waals surface area contributed by atoms with Gasteiger partial charge >= 0.3 is 0 Å². The number of ether oxygens (including phenoxy) is 1. The molecule has 0 radical (unpaired) electrons. The van der Waals surface area contributed by atoms with Gasteiger partial charge in [0.2, 0.25) is 0 Å². The van der Waals surface area contributed by atoms with Crippen molar-refractivity contribution in [3.05, 3.63) is 45.1 Å². The topological polar surface area (TPSA) is 33.6 Å². The van der Waals surface area contributed by atoms with Crippen molar-refractivity contribution in [1.82, 2.24) is 0 Å². The maximum absolute atomic E-state index is 5.08. The van der Waals surface area contributed by atoms with E-state index in [1.807, 2.05) is 35.7 Å². The smallest absolute Gasteiger partial charge is 0.119 e. The van der Waals surface area contributed by atoms with Crippen molar-refractivity contribution in [2.24, 2.45) is 5.10 Å². The molecule has 3 nitrogen and oxygen atoms in total. The lowest BCUT2D eigenvalue weighted by Crippen LogP contribution is -1.90. The standard InChI is InChI=1S/C12H11BrN2OS/c1-16-10-4-2-9(3-5-10)15-14-8-12-11(13)6-7-17-12/h2-8,15H,1H3/b14-8+. The average Bonchev–Trinajstić information content (AvgIpc) is 2.76. The number of hydrogen-bond donors (Lipinski definition) is 1. The van der Waals surface area contributed by atoms with Gasteiger partial charge < -0.3 is 4.74 Å². The van der Waals surface area contributed by atoms with E-state index in [2.05, 4.69) is 26.5 Å². The molecule has 0 unspecified atom stereocenters. The molecule has 1 aromatic heterocycles. The summed E-state index contributed by atoms with van der Waals surface area (Å²) < 4.78 is 6.14. The fourth-order valence-electron chi connectivity index (χ4n) is 1.23. The highest BCUT2D eigenvalue weighted by molar-refractivity contribution is 9.10. The van der Waals surface area contributed by atoms with Crippen LogP contribution in [-0.2, 0) is 0 Å². The molecule has 1 aromatic carbocycles. The molecular weight excluding hydrogens is 300 g/mol. The van der Waals surface area contributed by atoms with Crippen LogP contribution in [0, 0.1) is 0 Å². The third kappa shape index (κ3) is 3.31. The van der Waals surface area contributed by atoms with E-state index in [0.717, 1.165) is 20.8 Å². The van der Waals surface area contributed by atoms with Gasteiger partial charge in [-0.15, -0.1) is 11.3 Å². The van der Waals surface area contributed by atoms with E-state index in [0.29, 0.717) is 0 Å². The van der Waals surface area contributed by atoms with Crippen LogP contribution in [0.2, 0.25) is 0 Å². The van der Waals surface area contributed by atoms with Gasteiger partial charge in [0.1, 0.15) is 5.75 Å². The number of hydrazone groups is 1. The second-order valence-corrected chi connectivity index (χ2v) is 5.03. The fourth-order valence-corrected chi connectivity index (χ4v) is 2.56. The van der Waals surface area contributed by atoms with Gasteiger partial charge in [0.25, 0.3) is 0 Å². The SMILES string of the molecule is COc1ccc(N/N=C/c2sccc2Br)cc1. The highest BCUT2D eigenvalue weighted by atomic mass is 79.9. The van der Waals surface area contributed by atoms with Crippen LogP contribution in [0.25, 0.3) is 0 Å². The zero-order valence-electron chi connectivity index (χ0n) is 9.18. The van der Waals surface area contributed by atoms with Crippen LogP contribution in [0.5, 0.6) is 5.75 Å². The first-order chi connectivity index (χ1) is 8.29. The van der Waals surface area contributed by atoms with Crippen LogP contribution in [0.15, 0.2) is 45.3 Å². The molecule has 0 aliphatic carbocycles. The molecule has 5 heteroatoms. The summed E-state index contributed by atoms with van der Waals surface area (Å²) in [6, 6.07) is 9.61. The predicted molar refractivity (Wildman–Crippen MR) is 76.2 cm³/mol. The molecule has 88 valence electrons. The maximum Gasteiger partial charge on any atom is 0.119 e. The lowest BCUT2D eigenvalue weighted by molar-refractivity contribution is 0.415. The minimum absolute atomic E-state index is 0.834. The molecule has 0 amide bonds. The highest BCUT2D eigenvalue weighted by Crippen LogP contribution is 2.20. The Balaban J connectivity index is 1.97. The molecule has 0 aliphatic heterocycles. The van der Waals surface area contributed by atoms with Crippen LogP contribution in [-0.4, -0.2) is 13.3 Å². The Morgan fingerprint density at radius 3 is 2.65 bits per heavy atom. The van der Waals surface area contributed by atoms with E-state index in [4.69, 9.17) is 4.74 Å². The number of nitrogens with one attached hydrogen (secondary N) is 1. The molecule has 1 N–H and O–H groups in total. The van der Waals surface area contributed by atoms with Gasteiger partial charge in [-0.3, -0.25) is 5.43 Å². The van der Waals surface area contributed by atoms with Crippen LogP contribution >= 0.6 is 27.3 Å². The number of thiophene rings is 1. The van der Waals surface area contributed by atoms with Gasteiger partial charge in [-0.1, -0.05) is 0 Å². The minimum atomic E-state index is 0.834. The van der Waals surface area contributed by atoms with Crippen molar-refractivity contribution in [1.29, 1.82) is 0 Å². The molecule has 0 saturated heterocycles. The fraction of sp³-hybridized carbons (Fsp3) is 0.0833. The quantitative estimate of drug-likeness (QED) is 0.685. The lowest BCUT2D eigenvalue weighted by atomic mass is 10.3. The number of hydrogen-bond acceptors (Lipinski definition) is 4. The Morgan fingerprint density at radius 2 is 2.06 bits per heavy atom. The second-order valence-electron chi connectivity index (χ2n) is 3.23. The third-order valence-electron chi connectivity index (χ3n) is 2.11. The second kappa shape index (κ2) is 5.84. The number of rotatable bonds is 4. The Kier molecular flexibility index (Phi) is 4.17. The maximum atomic E-state index is 5.08. The van der Waals surface area contributed by atoms with E-state index in [1.165, 1.54) is 0 Å². The first-order valence-corrected chi connectivity index (χ1v) is 6.63. The van der Waals surface area contributed by atoms with E-state index in [1.54, 1.807) is 24.7 Å². The first-order valence-electron chi connectivity index (χ1n) is 4.96. The van der Waals surface area contributed by atoms with E-state index in [-0.39, 0.29) is 0 Å². The third-order valence-corrected chi connectivity index (χ3v) is 3.92. The number of halogens is 1. The van der Waals surface area contributed by atoms with E-state index < -0.39 is 0 Å². The summed E-state index contributed by atoms with van der Waals surface area (Å²) >= 11 is 5.08. The van der Waals surface area contributed by atoms with Crippen molar-refractivity contribution < 1.29 is 4.74 Å². The molecular formula is C12H11BrN2OS. The molecule has 1 heterocycles. The summed E-state index contributed by atoms with van der Waals surface area (Å²) in [5.74, 6) is 0.834. The van der Waals surface area contributed by atoms with Crippen molar-refractivity contribution in [3.63, 3.8) is 0 Å². The summed E-state index contributed by atoms with van der Waals surface area (Å²) in [6.45, 7) is 0. The molecule has 0 aliphatic rings.